The summed E-state index contributed by atoms with van der Waals surface area (Å²) in [6.45, 7) is -0.0799. The van der Waals surface area contributed by atoms with Crippen LogP contribution in [0.15, 0.2) is 18.2 Å². The standard InChI is InChI=1S/C12H15NO4/c1-17-9-4-2-3-8(10(9)15)11(16)13-12(7-14)5-6-12/h2-4,14-15H,5-7H2,1H3,(H,13,16). The van der Waals surface area contributed by atoms with Gasteiger partial charge >= 0.3 is 0 Å². The number of aromatic hydroxyl groups is 1. The third-order valence-corrected chi connectivity index (χ3v) is 3.00. The van der Waals surface area contributed by atoms with E-state index in [2.05, 4.69) is 5.32 Å². The van der Waals surface area contributed by atoms with Crippen molar-refractivity contribution >= 4 is 5.91 Å². The van der Waals surface area contributed by atoms with Crippen LogP contribution in [0.2, 0.25) is 0 Å². The second-order valence-electron chi connectivity index (χ2n) is 4.25. The summed E-state index contributed by atoms with van der Waals surface area (Å²) in [5.41, 5.74) is -0.337. The number of hydrogen-bond donors (Lipinski definition) is 3. The molecule has 1 fully saturated rings. The smallest absolute Gasteiger partial charge is 0.255 e. The Morgan fingerprint density at radius 3 is 2.76 bits per heavy atom. The fourth-order valence-electron chi connectivity index (χ4n) is 1.65. The first-order valence-corrected chi connectivity index (χ1v) is 5.41. The third-order valence-electron chi connectivity index (χ3n) is 3.00. The highest BCUT2D eigenvalue weighted by Crippen LogP contribution is 2.36. The molecule has 1 aliphatic carbocycles. The topological polar surface area (TPSA) is 78.8 Å². The number of nitrogens with one attached hydrogen (secondary N) is 1. The van der Waals surface area contributed by atoms with Gasteiger partial charge in [-0.2, -0.15) is 0 Å². The van der Waals surface area contributed by atoms with E-state index in [1.54, 1.807) is 12.1 Å². The van der Waals surface area contributed by atoms with Gasteiger partial charge in [0.25, 0.3) is 5.91 Å². The van der Waals surface area contributed by atoms with Crippen LogP contribution in [-0.2, 0) is 0 Å². The summed E-state index contributed by atoms with van der Waals surface area (Å²) < 4.78 is 4.93. The van der Waals surface area contributed by atoms with Gasteiger partial charge in [0.1, 0.15) is 0 Å². The molecule has 0 bridgehead atoms. The maximum absolute atomic E-state index is 11.9. The van der Waals surface area contributed by atoms with E-state index >= 15 is 0 Å². The summed E-state index contributed by atoms with van der Waals surface area (Å²) in [4.78, 5) is 11.9. The monoisotopic (exact) mass is 237 g/mol. The number of carbonyl (C=O) groups excluding carboxylic acids is 1. The SMILES string of the molecule is COc1cccc(C(=O)NC2(CO)CC2)c1O. The largest absolute Gasteiger partial charge is 0.504 e. The fourth-order valence-corrected chi connectivity index (χ4v) is 1.65. The lowest BCUT2D eigenvalue weighted by Crippen LogP contribution is -2.39. The molecule has 1 aromatic carbocycles. The van der Waals surface area contributed by atoms with Crippen LogP contribution < -0.4 is 10.1 Å². The first-order valence-electron chi connectivity index (χ1n) is 5.41. The van der Waals surface area contributed by atoms with E-state index in [4.69, 9.17) is 9.84 Å². The minimum atomic E-state index is -0.493. The van der Waals surface area contributed by atoms with E-state index in [1.165, 1.54) is 13.2 Å². The van der Waals surface area contributed by atoms with Gasteiger partial charge < -0.3 is 20.3 Å². The number of amides is 1. The summed E-state index contributed by atoms with van der Waals surface area (Å²) in [5, 5.41) is 21.6. The molecule has 1 amide bonds. The molecular formula is C12H15NO4. The molecule has 1 aromatic rings. The fraction of sp³-hybridized carbons (Fsp3) is 0.417. The molecule has 0 aliphatic heterocycles. The first kappa shape index (κ1) is 11.7. The van der Waals surface area contributed by atoms with Crippen molar-refractivity contribution < 1.29 is 19.7 Å². The Hall–Kier alpha value is -1.75. The Balaban J connectivity index is 2.19. The highest BCUT2D eigenvalue weighted by molar-refractivity contribution is 5.98. The number of methoxy groups -OCH3 is 1. The number of ether oxygens (including phenoxy) is 1. The van der Waals surface area contributed by atoms with Crippen molar-refractivity contribution in [1.29, 1.82) is 0 Å². The Morgan fingerprint density at radius 1 is 1.53 bits per heavy atom. The van der Waals surface area contributed by atoms with Gasteiger partial charge in [-0.25, -0.2) is 0 Å². The van der Waals surface area contributed by atoms with E-state index in [0.717, 1.165) is 12.8 Å². The van der Waals surface area contributed by atoms with Crippen molar-refractivity contribution in [3.63, 3.8) is 0 Å². The predicted octanol–water partition coefficient (Wildman–Crippen LogP) is 0.655. The van der Waals surface area contributed by atoms with Crippen molar-refractivity contribution in [2.24, 2.45) is 0 Å². The van der Waals surface area contributed by atoms with Crippen LogP contribution in [0.4, 0.5) is 0 Å². The van der Waals surface area contributed by atoms with Gasteiger partial charge in [0.15, 0.2) is 11.5 Å². The van der Waals surface area contributed by atoms with E-state index in [9.17, 15) is 9.90 Å². The number of aliphatic hydroxyl groups is 1. The minimum Gasteiger partial charge on any atom is -0.504 e. The zero-order valence-electron chi connectivity index (χ0n) is 9.56. The Bertz CT molecular complexity index is 440. The number of hydrogen-bond acceptors (Lipinski definition) is 4. The van der Waals surface area contributed by atoms with E-state index < -0.39 is 11.4 Å². The summed E-state index contributed by atoms with van der Waals surface area (Å²) in [5.74, 6) is -0.319. The zero-order chi connectivity index (χ0) is 12.5. The lowest BCUT2D eigenvalue weighted by molar-refractivity contribution is 0.0903. The molecule has 1 aliphatic rings. The minimum absolute atomic E-state index is 0.0799. The van der Waals surface area contributed by atoms with Crippen molar-refractivity contribution in [2.75, 3.05) is 13.7 Å². The molecule has 17 heavy (non-hydrogen) atoms. The molecule has 92 valence electrons. The second-order valence-corrected chi connectivity index (χ2v) is 4.25. The van der Waals surface area contributed by atoms with Gasteiger partial charge in [0.05, 0.1) is 24.8 Å². The zero-order valence-corrected chi connectivity index (χ0v) is 9.56. The average Bonchev–Trinajstić information content (AvgIpc) is 3.09. The van der Waals surface area contributed by atoms with Crippen LogP contribution in [0.5, 0.6) is 11.5 Å². The molecule has 5 nitrogen and oxygen atoms in total. The highest BCUT2D eigenvalue weighted by Gasteiger charge is 2.43. The average molecular weight is 237 g/mol. The van der Waals surface area contributed by atoms with Crippen LogP contribution >= 0.6 is 0 Å². The summed E-state index contributed by atoms with van der Waals surface area (Å²) in [7, 11) is 1.42. The molecule has 3 N–H and O–H groups in total. The molecule has 5 heteroatoms. The number of phenols is 1. The van der Waals surface area contributed by atoms with E-state index in [1.807, 2.05) is 0 Å². The molecule has 0 unspecified atom stereocenters. The molecule has 0 radical (unpaired) electrons. The molecule has 0 saturated heterocycles. The normalized spacial score (nSPS) is 16.4. The number of rotatable bonds is 4. The molecular weight excluding hydrogens is 222 g/mol. The van der Waals surface area contributed by atoms with Crippen molar-refractivity contribution in [1.82, 2.24) is 5.32 Å². The number of benzene rings is 1. The molecule has 0 aromatic heterocycles. The molecule has 0 heterocycles. The second kappa shape index (κ2) is 4.25. The maximum atomic E-state index is 11.9. The highest BCUT2D eigenvalue weighted by atomic mass is 16.5. The Labute approximate surface area is 99.0 Å². The number of phenolic OH excluding ortho intramolecular Hbond substituents is 1. The summed E-state index contributed by atoms with van der Waals surface area (Å²) >= 11 is 0. The van der Waals surface area contributed by atoms with Crippen molar-refractivity contribution in [2.45, 2.75) is 18.4 Å². The van der Waals surface area contributed by atoms with Crippen LogP contribution in [0.25, 0.3) is 0 Å². The molecule has 2 rings (SSSR count). The lowest BCUT2D eigenvalue weighted by atomic mass is 10.1. The Morgan fingerprint density at radius 2 is 2.24 bits per heavy atom. The molecule has 0 spiro atoms. The van der Waals surface area contributed by atoms with Gasteiger partial charge in [0.2, 0.25) is 0 Å². The van der Waals surface area contributed by atoms with Gasteiger partial charge in [-0.1, -0.05) is 6.07 Å². The van der Waals surface area contributed by atoms with Crippen LogP contribution in [0.1, 0.15) is 23.2 Å². The van der Waals surface area contributed by atoms with Gasteiger partial charge in [-0.3, -0.25) is 4.79 Å². The maximum Gasteiger partial charge on any atom is 0.255 e. The van der Waals surface area contributed by atoms with Crippen LogP contribution in [-0.4, -0.2) is 35.4 Å². The van der Waals surface area contributed by atoms with Gasteiger partial charge in [-0.15, -0.1) is 0 Å². The summed E-state index contributed by atoms with van der Waals surface area (Å²) in [6, 6.07) is 4.72. The third kappa shape index (κ3) is 2.19. The lowest BCUT2D eigenvalue weighted by Gasteiger charge is -2.15. The van der Waals surface area contributed by atoms with E-state index in [0.29, 0.717) is 0 Å². The van der Waals surface area contributed by atoms with E-state index in [-0.39, 0.29) is 23.7 Å². The van der Waals surface area contributed by atoms with Crippen LogP contribution in [0.3, 0.4) is 0 Å². The van der Waals surface area contributed by atoms with Gasteiger partial charge in [-0.05, 0) is 25.0 Å². The number of carbonyl (C=O) groups is 1. The quantitative estimate of drug-likeness (QED) is 0.718. The molecule has 1 saturated carbocycles. The predicted molar refractivity (Wildman–Crippen MR) is 61.2 cm³/mol. The van der Waals surface area contributed by atoms with Gasteiger partial charge in [0, 0.05) is 0 Å². The number of aliphatic hydroxyl groups excluding tert-OH is 1. The van der Waals surface area contributed by atoms with Crippen LogP contribution in [0, 0.1) is 0 Å². The van der Waals surface area contributed by atoms with Crippen molar-refractivity contribution in [3.8, 4) is 11.5 Å². The van der Waals surface area contributed by atoms with Crippen molar-refractivity contribution in [3.05, 3.63) is 23.8 Å². The molecule has 0 atom stereocenters. The Kier molecular flexibility index (Phi) is 2.93. The summed E-state index contributed by atoms with van der Waals surface area (Å²) in [6.07, 6.45) is 1.53. The first-order chi connectivity index (χ1) is 8.12. The number of para-hydroxylation sites is 1.